The van der Waals surface area contributed by atoms with Crippen LogP contribution in [0.15, 0.2) is 82.3 Å². The highest BCUT2D eigenvalue weighted by Gasteiger charge is 2.32. The van der Waals surface area contributed by atoms with Gasteiger partial charge in [0.25, 0.3) is 0 Å². The molecule has 0 unspecified atom stereocenters. The maximum Gasteiger partial charge on any atom is 0.238 e. The second-order valence-corrected chi connectivity index (χ2v) is 9.50. The Morgan fingerprint density at radius 2 is 1.90 bits per heavy atom. The van der Waals surface area contributed by atoms with Gasteiger partial charge in [-0.25, -0.2) is 9.97 Å². The Morgan fingerprint density at radius 1 is 1.07 bits per heavy atom. The zero-order chi connectivity index (χ0) is 19.6. The standard InChI is InChI=1S/C22H17N3OS3/c26-20(13-29-22-16-10-11-27-21(16)23-14-24-22)25-17-8-4-5-9-19(17)28-12-18(25)15-6-2-1-3-7-15/h1-11,14,18H,12-13H2/t18-/m0/s1. The molecule has 5 rings (SSSR count). The average Bonchev–Trinajstić information content (AvgIpc) is 3.27. The van der Waals surface area contributed by atoms with Crippen LogP contribution in [-0.4, -0.2) is 27.4 Å². The highest BCUT2D eigenvalue weighted by molar-refractivity contribution is 8.00. The minimum atomic E-state index is 0.0239. The van der Waals surface area contributed by atoms with E-state index in [1.165, 1.54) is 11.8 Å². The lowest BCUT2D eigenvalue weighted by Gasteiger charge is -2.37. The first kappa shape index (κ1) is 18.7. The molecular weight excluding hydrogens is 418 g/mol. The fraction of sp³-hybridized carbons (Fsp3) is 0.136. The lowest BCUT2D eigenvalue weighted by Crippen LogP contribution is -2.39. The van der Waals surface area contributed by atoms with Gasteiger partial charge in [0.15, 0.2) is 0 Å². The summed E-state index contributed by atoms with van der Waals surface area (Å²) < 4.78 is 0. The van der Waals surface area contributed by atoms with Crippen molar-refractivity contribution in [3.05, 3.63) is 77.9 Å². The number of thiophene rings is 1. The van der Waals surface area contributed by atoms with Crippen LogP contribution >= 0.6 is 34.9 Å². The third kappa shape index (κ3) is 3.66. The van der Waals surface area contributed by atoms with Crippen LogP contribution in [0, 0.1) is 0 Å². The predicted molar refractivity (Wildman–Crippen MR) is 122 cm³/mol. The number of thioether (sulfide) groups is 2. The molecule has 0 bridgehead atoms. The van der Waals surface area contributed by atoms with E-state index < -0.39 is 0 Å². The molecule has 7 heteroatoms. The molecule has 29 heavy (non-hydrogen) atoms. The van der Waals surface area contributed by atoms with Gasteiger partial charge in [0.2, 0.25) is 5.91 Å². The molecular formula is C22H17N3OS3. The molecule has 2 aromatic carbocycles. The third-order valence-electron chi connectivity index (χ3n) is 4.84. The number of carbonyl (C=O) groups excluding carboxylic acids is 1. The lowest BCUT2D eigenvalue weighted by molar-refractivity contribution is -0.116. The van der Waals surface area contributed by atoms with E-state index in [1.54, 1.807) is 17.7 Å². The number of anilines is 1. The number of nitrogens with zero attached hydrogens (tertiary/aromatic N) is 3. The van der Waals surface area contributed by atoms with Crippen LogP contribution < -0.4 is 4.90 Å². The molecule has 0 radical (unpaired) electrons. The Bertz CT molecular complexity index is 1160. The van der Waals surface area contributed by atoms with Crippen molar-refractivity contribution in [3.63, 3.8) is 0 Å². The molecule has 0 fully saturated rings. The first-order valence-electron chi connectivity index (χ1n) is 9.21. The molecule has 0 saturated carbocycles. The Balaban J connectivity index is 1.45. The van der Waals surface area contributed by atoms with Crippen molar-refractivity contribution < 1.29 is 4.79 Å². The summed E-state index contributed by atoms with van der Waals surface area (Å²) in [5.41, 5.74) is 2.15. The zero-order valence-corrected chi connectivity index (χ0v) is 17.8. The highest BCUT2D eigenvalue weighted by atomic mass is 32.2. The van der Waals surface area contributed by atoms with E-state index in [0.717, 1.165) is 37.1 Å². The van der Waals surface area contributed by atoms with Gasteiger partial charge in [-0.3, -0.25) is 4.79 Å². The molecule has 4 aromatic rings. The van der Waals surface area contributed by atoms with Gasteiger partial charge in [0.1, 0.15) is 16.2 Å². The van der Waals surface area contributed by atoms with Gasteiger partial charge in [0.05, 0.1) is 17.5 Å². The predicted octanol–water partition coefficient (Wildman–Crippen LogP) is 5.66. The van der Waals surface area contributed by atoms with Crippen molar-refractivity contribution in [2.75, 3.05) is 16.4 Å². The summed E-state index contributed by atoms with van der Waals surface area (Å²) in [5.74, 6) is 1.28. The van der Waals surface area contributed by atoms with Crippen LogP contribution in [0.3, 0.4) is 0 Å². The molecule has 1 atom stereocenters. The van der Waals surface area contributed by atoms with E-state index in [4.69, 9.17) is 0 Å². The van der Waals surface area contributed by atoms with Crippen LogP contribution in [0.25, 0.3) is 10.2 Å². The fourth-order valence-corrected chi connectivity index (χ4v) is 6.31. The number of benzene rings is 2. The quantitative estimate of drug-likeness (QED) is 0.306. The minimum Gasteiger partial charge on any atom is -0.302 e. The maximum absolute atomic E-state index is 13.4. The van der Waals surface area contributed by atoms with E-state index >= 15 is 0 Å². The molecule has 0 aliphatic carbocycles. The van der Waals surface area contributed by atoms with E-state index in [9.17, 15) is 4.79 Å². The normalized spacial score (nSPS) is 16.0. The summed E-state index contributed by atoms with van der Waals surface area (Å²) in [5, 5.41) is 3.89. The first-order valence-corrected chi connectivity index (χ1v) is 12.1. The van der Waals surface area contributed by atoms with Crippen molar-refractivity contribution >= 4 is 56.7 Å². The topological polar surface area (TPSA) is 46.1 Å². The lowest BCUT2D eigenvalue weighted by atomic mass is 10.1. The number of amides is 1. The van der Waals surface area contributed by atoms with E-state index in [2.05, 4.69) is 28.2 Å². The molecule has 2 aromatic heterocycles. The summed E-state index contributed by atoms with van der Waals surface area (Å²) in [6, 6.07) is 20.5. The van der Waals surface area contributed by atoms with Crippen LogP contribution in [0.5, 0.6) is 0 Å². The van der Waals surface area contributed by atoms with Crippen LogP contribution in [-0.2, 0) is 4.79 Å². The van der Waals surface area contributed by atoms with Gasteiger partial charge in [-0.1, -0.05) is 54.2 Å². The van der Waals surface area contributed by atoms with Gasteiger partial charge < -0.3 is 4.90 Å². The van der Waals surface area contributed by atoms with Crippen molar-refractivity contribution in [2.24, 2.45) is 0 Å². The van der Waals surface area contributed by atoms with Crippen molar-refractivity contribution in [2.45, 2.75) is 16.0 Å². The summed E-state index contributed by atoms with van der Waals surface area (Å²) in [6.45, 7) is 0. The molecule has 1 aliphatic heterocycles. The number of hydrogen-bond acceptors (Lipinski definition) is 6. The number of fused-ring (bicyclic) bond motifs is 2. The number of para-hydroxylation sites is 1. The number of carbonyl (C=O) groups is 1. The molecule has 1 aliphatic rings. The molecule has 4 nitrogen and oxygen atoms in total. The first-order chi connectivity index (χ1) is 14.3. The van der Waals surface area contributed by atoms with Crippen molar-refractivity contribution in [1.29, 1.82) is 0 Å². The van der Waals surface area contributed by atoms with E-state index in [-0.39, 0.29) is 11.9 Å². The average molecular weight is 436 g/mol. The van der Waals surface area contributed by atoms with Gasteiger partial charge in [-0.15, -0.1) is 23.1 Å². The second kappa shape index (κ2) is 8.18. The van der Waals surface area contributed by atoms with Crippen LogP contribution in [0.1, 0.15) is 11.6 Å². The third-order valence-corrected chi connectivity index (χ3v) is 7.79. The Labute approximate surface area is 181 Å². The van der Waals surface area contributed by atoms with Gasteiger partial charge >= 0.3 is 0 Å². The fourth-order valence-electron chi connectivity index (χ4n) is 3.50. The molecule has 144 valence electrons. The van der Waals surface area contributed by atoms with Crippen molar-refractivity contribution in [1.82, 2.24) is 9.97 Å². The summed E-state index contributed by atoms with van der Waals surface area (Å²) in [7, 11) is 0. The van der Waals surface area contributed by atoms with Crippen LogP contribution in [0.2, 0.25) is 0 Å². The molecule has 1 amide bonds. The second-order valence-electron chi connectivity index (χ2n) is 6.58. The highest BCUT2D eigenvalue weighted by Crippen LogP contribution is 2.43. The number of hydrogen-bond donors (Lipinski definition) is 0. The molecule has 0 N–H and O–H groups in total. The SMILES string of the molecule is O=C(CSc1ncnc2sccc12)N1c2ccccc2SC[C@H]1c1ccccc1. The maximum atomic E-state index is 13.4. The van der Waals surface area contributed by atoms with Gasteiger partial charge in [0, 0.05) is 16.0 Å². The summed E-state index contributed by atoms with van der Waals surface area (Å²) in [4.78, 5) is 26.2. The number of aromatic nitrogens is 2. The smallest absolute Gasteiger partial charge is 0.238 e. The molecule has 0 saturated heterocycles. The van der Waals surface area contributed by atoms with Gasteiger partial charge in [-0.2, -0.15) is 0 Å². The van der Waals surface area contributed by atoms with Gasteiger partial charge in [-0.05, 0) is 29.1 Å². The Kier molecular flexibility index (Phi) is 5.26. The molecule has 0 spiro atoms. The number of rotatable bonds is 4. The van der Waals surface area contributed by atoms with E-state index in [1.807, 2.05) is 64.5 Å². The van der Waals surface area contributed by atoms with E-state index in [0.29, 0.717) is 5.75 Å². The largest absolute Gasteiger partial charge is 0.302 e. The van der Waals surface area contributed by atoms with Crippen molar-refractivity contribution in [3.8, 4) is 0 Å². The Hall–Kier alpha value is -2.35. The molecule has 3 heterocycles. The minimum absolute atomic E-state index is 0.0239. The Morgan fingerprint density at radius 3 is 2.79 bits per heavy atom. The summed E-state index contributed by atoms with van der Waals surface area (Å²) in [6.07, 6.45) is 1.57. The monoisotopic (exact) mass is 435 g/mol. The zero-order valence-electron chi connectivity index (χ0n) is 15.4. The van der Waals surface area contributed by atoms with Crippen LogP contribution in [0.4, 0.5) is 5.69 Å². The summed E-state index contributed by atoms with van der Waals surface area (Å²) >= 11 is 4.89.